The average molecular weight is 535 g/mol. The first-order valence-electron chi connectivity index (χ1n) is 10.9. The van der Waals surface area contributed by atoms with Gasteiger partial charge in [0, 0.05) is 29.9 Å². The molecule has 0 aliphatic carbocycles. The normalized spacial score (nSPS) is 12.9. The highest BCUT2D eigenvalue weighted by molar-refractivity contribution is 7.11. The number of rotatable bonds is 9. The Bertz CT molecular complexity index is 1330. The molecule has 0 spiro atoms. The molecule has 3 aromatic rings. The van der Waals surface area contributed by atoms with Crippen molar-refractivity contribution in [3.05, 3.63) is 57.9 Å². The number of hydrogen-bond donors (Lipinski definition) is 2. The van der Waals surface area contributed by atoms with Crippen molar-refractivity contribution >= 4 is 35.2 Å². The van der Waals surface area contributed by atoms with Gasteiger partial charge in [-0.05, 0) is 57.9 Å². The summed E-state index contributed by atoms with van der Waals surface area (Å²) < 4.78 is 45.5. The highest BCUT2D eigenvalue weighted by Crippen LogP contribution is 2.35. The SMILES string of the molecule is C=N/C(=C\C(=C(/C)c1cncc(-c2nnc(CN(C)C)o2)c1)c1nc(C(F)(F)F)cs1)NC(=O)NCC. The van der Waals surface area contributed by atoms with E-state index in [9.17, 15) is 18.0 Å². The molecule has 14 heteroatoms. The fourth-order valence-electron chi connectivity index (χ4n) is 3.06. The molecule has 3 rings (SSSR count). The number of hydrogen-bond acceptors (Lipinski definition) is 9. The van der Waals surface area contributed by atoms with Crippen LogP contribution in [-0.2, 0) is 12.7 Å². The molecule has 0 aliphatic rings. The Kier molecular flexibility index (Phi) is 8.89. The molecule has 2 amide bonds. The number of pyridine rings is 1. The van der Waals surface area contributed by atoms with Crippen LogP contribution in [0.4, 0.5) is 18.0 Å². The zero-order valence-electron chi connectivity index (χ0n) is 20.5. The van der Waals surface area contributed by atoms with Gasteiger partial charge in [0.15, 0.2) is 5.69 Å². The van der Waals surface area contributed by atoms with E-state index in [4.69, 9.17) is 4.42 Å². The number of allylic oxidation sites excluding steroid dienone is 3. The fraction of sp³-hybridized carbons (Fsp3) is 0.304. The summed E-state index contributed by atoms with van der Waals surface area (Å²) in [6, 6.07) is 1.18. The van der Waals surface area contributed by atoms with Gasteiger partial charge in [-0.3, -0.25) is 10.3 Å². The molecule has 0 radical (unpaired) electrons. The second kappa shape index (κ2) is 11.9. The molecule has 0 saturated heterocycles. The summed E-state index contributed by atoms with van der Waals surface area (Å²) in [5, 5.41) is 14.1. The molecule has 2 N–H and O–H groups in total. The zero-order chi connectivity index (χ0) is 27.2. The number of halogens is 3. The van der Waals surface area contributed by atoms with Crippen molar-refractivity contribution in [2.75, 3.05) is 20.6 Å². The molecule has 10 nitrogen and oxygen atoms in total. The van der Waals surface area contributed by atoms with Gasteiger partial charge < -0.3 is 14.6 Å². The molecular formula is C23H25F3N8O2S. The Labute approximate surface area is 215 Å². The third-order valence-electron chi connectivity index (χ3n) is 4.80. The van der Waals surface area contributed by atoms with Crippen molar-refractivity contribution in [2.45, 2.75) is 26.6 Å². The predicted molar refractivity (Wildman–Crippen MR) is 134 cm³/mol. The van der Waals surface area contributed by atoms with Gasteiger partial charge in [0.2, 0.25) is 11.8 Å². The standard InChI is InChI=1S/C23H25F3N8O2S/c1-6-29-22(35)31-18(27-3)8-16(21-30-17(12-37-21)23(24,25)26)13(2)14-7-15(10-28-9-14)20-33-32-19(36-20)11-34(4)5/h7-10,12H,3,6,11H2,1-2,4-5H3,(H2,29,31,35)/b16-13-,18-8+. The lowest BCUT2D eigenvalue weighted by atomic mass is 10.0. The number of carbonyl (C=O) groups excluding carboxylic acids is 1. The summed E-state index contributed by atoms with van der Waals surface area (Å²) in [5.41, 5.74) is 0.862. The van der Waals surface area contributed by atoms with Crippen molar-refractivity contribution in [1.29, 1.82) is 0 Å². The Balaban J connectivity index is 2.10. The summed E-state index contributed by atoms with van der Waals surface area (Å²) in [5.74, 6) is 0.691. The van der Waals surface area contributed by atoms with E-state index in [1.54, 1.807) is 26.1 Å². The first-order chi connectivity index (χ1) is 17.5. The van der Waals surface area contributed by atoms with Gasteiger partial charge >= 0.3 is 12.2 Å². The molecule has 0 aromatic carbocycles. The third kappa shape index (κ3) is 7.30. The molecule has 3 aromatic heterocycles. The Morgan fingerprint density at radius 3 is 2.68 bits per heavy atom. The van der Waals surface area contributed by atoms with Gasteiger partial charge in [-0.1, -0.05) is 0 Å². The Morgan fingerprint density at radius 2 is 2.05 bits per heavy atom. The van der Waals surface area contributed by atoms with Gasteiger partial charge in [0.25, 0.3) is 0 Å². The van der Waals surface area contributed by atoms with Crippen LogP contribution in [0.25, 0.3) is 22.6 Å². The smallest absolute Gasteiger partial charge is 0.419 e. The minimum atomic E-state index is -4.61. The highest BCUT2D eigenvalue weighted by Gasteiger charge is 2.34. The molecule has 0 atom stereocenters. The van der Waals surface area contributed by atoms with Crippen LogP contribution in [0.1, 0.15) is 36.0 Å². The first kappa shape index (κ1) is 27.7. The quantitative estimate of drug-likeness (QED) is 0.307. The van der Waals surface area contributed by atoms with E-state index < -0.39 is 17.9 Å². The number of thiazole rings is 1. The van der Waals surface area contributed by atoms with E-state index in [-0.39, 0.29) is 22.3 Å². The average Bonchev–Trinajstić information content (AvgIpc) is 3.51. The van der Waals surface area contributed by atoms with Crippen LogP contribution in [0.5, 0.6) is 0 Å². The van der Waals surface area contributed by atoms with Crippen molar-refractivity contribution in [2.24, 2.45) is 4.99 Å². The Morgan fingerprint density at radius 1 is 1.30 bits per heavy atom. The van der Waals surface area contributed by atoms with Crippen LogP contribution in [0.3, 0.4) is 0 Å². The zero-order valence-corrected chi connectivity index (χ0v) is 21.4. The van der Waals surface area contributed by atoms with Gasteiger partial charge in [-0.25, -0.2) is 14.8 Å². The molecule has 37 heavy (non-hydrogen) atoms. The number of aromatic nitrogens is 4. The maximum absolute atomic E-state index is 13.3. The minimum absolute atomic E-state index is 0.0263. The minimum Gasteiger partial charge on any atom is -0.419 e. The van der Waals surface area contributed by atoms with E-state index in [2.05, 4.69) is 42.5 Å². The van der Waals surface area contributed by atoms with E-state index in [1.165, 1.54) is 12.3 Å². The van der Waals surface area contributed by atoms with Crippen LogP contribution in [0, 0.1) is 0 Å². The van der Waals surface area contributed by atoms with E-state index in [0.29, 0.717) is 35.7 Å². The van der Waals surface area contributed by atoms with Crippen molar-refractivity contribution < 1.29 is 22.4 Å². The van der Waals surface area contributed by atoms with Gasteiger partial charge in [0.05, 0.1) is 12.1 Å². The lowest BCUT2D eigenvalue weighted by Gasteiger charge is -2.11. The van der Waals surface area contributed by atoms with Crippen molar-refractivity contribution in [3.63, 3.8) is 0 Å². The fourth-order valence-corrected chi connectivity index (χ4v) is 3.96. The summed E-state index contributed by atoms with van der Waals surface area (Å²) in [6.07, 6.45) is -0.122. The molecule has 0 bridgehead atoms. The number of nitrogens with zero attached hydrogens (tertiary/aromatic N) is 6. The van der Waals surface area contributed by atoms with Crippen molar-refractivity contribution in [3.8, 4) is 11.5 Å². The number of amides is 2. The van der Waals surface area contributed by atoms with Gasteiger partial charge in [-0.15, -0.1) is 21.5 Å². The predicted octanol–water partition coefficient (Wildman–Crippen LogP) is 4.46. The van der Waals surface area contributed by atoms with Crippen LogP contribution < -0.4 is 10.6 Å². The number of urea groups is 1. The molecule has 3 heterocycles. The van der Waals surface area contributed by atoms with Crippen LogP contribution in [0.15, 0.2) is 45.1 Å². The number of aliphatic imine (C=N–C) groups is 1. The lowest BCUT2D eigenvalue weighted by Crippen LogP contribution is -2.34. The largest absolute Gasteiger partial charge is 0.434 e. The van der Waals surface area contributed by atoms with E-state index in [1.807, 2.05) is 19.0 Å². The van der Waals surface area contributed by atoms with Crippen LogP contribution >= 0.6 is 11.3 Å². The van der Waals surface area contributed by atoms with E-state index >= 15 is 0 Å². The monoisotopic (exact) mass is 534 g/mol. The highest BCUT2D eigenvalue weighted by atomic mass is 32.1. The summed E-state index contributed by atoms with van der Waals surface area (Å²) >= 11 is 0.809. The van der Waals surface area contributed by atoms with Gasteiger partial charge in [0.1, 0.15) is 10.8 Å². The topological polar surface area (TPSA) is 121 Å². The Hall–Kier alpha value is -3.91. The first-order valence-corrected chi connectivity index (χ1v) is 11.8. The van der Waals surface area contributed by atoms with Crippen LogP contribution in [0.2, 0.25) is 0 Å². The number of alkyl halides is 3. The summed E-state index contributed by atoms with van der Waals surface area (Å²) in [6.45, 7) is 7.70. The second-order valence-corrected chi connectivity index (χ2v) is 8.81. The van der Waals surface area contributed by atoms with Gasteiger partial charge in [-0.2, -0.15) is 13.2 Å². The summed E-state index contributed by atoms with van der Waals surface area (Å²) in [7, 11) is 3.73. The number of carbonyl (C=O) groups is 1. The third-order valence-corrected chi connectivity index (χ3v) is 5.67. The number of nitrogens with one attached hydrogen (secondary N) is 2. The molecule has 196 valence electrons. The maximum atomic E-state index is 13.3. The molecule has 0 aliphatic heterocycles. The summed E-state index contributed by atoms with van der Waals surface area (Å²) in [4.78, 5) is 25.7. The van der Waals surface area contributed by atoms with E-state index in [0.717, 1.165) is 16.7 Å². The molecule has 0 unspecified atom stereocenters. The second-order valence-electron chi connectivity index (χ2n) is 7.95. The van der Waals surface area contributed by atoms with Crippen LogP contribution in [-0.4, -0.2) is 58.5 Å². The molecule has 0 fully saturated rings. The lowest BCUT2D eigenvalue weighted by molar-refractivity contribution is -0.140. The molecule has 0 saturated carbocycles. The molecular weight excluding hydrogens is 509 g/mol. The van der Waals surface area contributed by atoms with Crippen molar-refractivity contribution in [1.82, 2.24) is 35.7 Å². The maximum Gasteiger partial charge on any atom is 0.434 e.